The lowest BCUT2D eigenvalue weighted by Gasteiger charge is -2.24. The molecule has 0 radical (unpaired) electrons. The molecule has 0 aromatic carbocycles. The zero-order valence-electron chi connectivity index (χ0n) is 12.4. The first-order chi connectivity index (χ1) is 10.1. The van der Waals surface area contributed by atoms with Crippen molar-refractivity contribution in [1.29, 1.82) is 0 Å². The summed E-state index contributed by atoms with van der Waals surface area (Å²) in [5.74, 6) is 0.711. The lowest BCUT2D eigenvalue weighted by molar-refractivity contribution is -0.124. The molecule has 0 aliphatic carbocycles. The molecule has 0 fully saturated rings. The molecule has 0 spiro atoms. The Morgan fingerprint density at radius 1 is 1.52 bits per heavy atom. The topological polar surface area (TPSA) is 95.8 Å². The fourth-order valence-electron chi connectivity index (χ4n) is 2.85. The van der Waals surface area contributed by atoms with Crippen molar-refractivity contribution in [3.8, 4) is 0 Å². The van der Waals surface area contributed by atoms with Gasteiger partial charge in [0.25, 0.3) is 0 Å². The Bertz CT molecular complexity index is 641. The molecule has 3 rings (SSSR count). The summed E-state index contributed by atoms with van der Waals surface area (Å²) >= 11 is 0. The predicted molar refractivity (Wildman–Crippen MR) is 75.5 cm³/mol. The van der Waals surface area contributed by atoms with E-state index in [4.69, 9.17) is 4.52 Å². The first-order valence-electron chi connectivity index (χ1n) is 7.04. The minimum absolute atomic E-state index is 0.0313. The van der Waals surface area contributed by atoms with Crippen molar-refractivity contribution in [1.82, 2.24) is 25.8 Å². The molecular weight excluding hydrogens is 270 g/mol. The molecule has 0 saturated carbocycles. The summed E-state index contributed by atoms with van der Waals surface area (Å²) in [7, 11) is 0. The third-order valence-electron chi connectivity index (χ3n) is 3.93. The molecular formula is C14H19N5O2. The molecule has 1 aliphatic rings. The van der Waals surface area contributed by atoms with Crippen molar-refractivity contribution in [2.45, 2.75) is 45.8 Å². The van der Waals surface area contributed by atoms with Crippen LogP contribution < -0.4 is 10.6 Å². The SMILES string of the molecule is Cc1noc(C)c1C(C)NC(=O)C1Cc2nc[nH]c2CN1. The van der Waals surface area contributed by atoms with E-state index in [-0.39, 0.29) is 18.0 Å². The fourth-order valence-corrected chi connectivity index (χ4v) is 2.85. The summed E-state index contributed by atoms with van der Waals surface area (Å²) in [6, 6.07) is -0.394. The van der Waals surface area contributed by atoms with Crippen molar-refractivity contribution >= 4 is 5.91 Å². The molecule has 21 heavy (non-hydrogen) atoms. The summed E-state index contributed by atoms with van der Waals surface area (Å²) in [5, 5.41) is 10.2. The largest absolute Gasteiger partial charge is 0.361 e. The third-order valence-corrected chi connectivity index (χ3v) is 3.93. The Morgan fingerprint density at radius 2 is 2.33 bits per heavy atom. The molecule has 2 unspecified atom stereocenters. The van der Waals surface area contributed by atoms with Crippen LogP contribution in [0.5, 0.6) is 0 Å². The van der Waals surface area contributed by atoms with Crippen molar-refractivity contribution < 1.29 is 9.32 Å². The third kappa shape index (κ3) is 2.56. The summed E-state index contributed by atoms with van der Waals surface area (Å²) < 4.78 is 5.15. The summed E-state index contributed by atoms with van der Waals surface area (Å²) in [6.45, 7) is 6.30. The Morgan fingerprint density at radius 3 is 3.05 bits per heavy atom. The standard InChI is InChI=1S/C14H19N5O2/c1-7(13-8(2)19-21-9(13)3)18-14(20)11-4-10-12(5-15-11)17-6-16-10/h6-7,11,15H,4-5H2,1-3H3,(H,16,17)(H,18,20). The van der Waals surface area contributed by atoms with Crippen molar-refractivity contribution in [3.05, 3.63) is 34.7 Å². The number of carbonyl (C=O) groups excluding carboxylic acids is 1. The van der Waals surface area contributed by atoms with Crippen molar-refractivity contribution in [2.24, 2.45) is 0 Å². The van der Waals surface area contributed by atoms with Gasteiger partial charge in [-0.25, -0.2) is 4.98 Å². The highest BCUT2D eigenvalue weighted by Crippen LogP contribution is 2.21. The number of fused-ring (bicyclic) bond motifs is 1. The van der Waals surface area contributed by atoms with Crippen LogP contribution in [0.4, 0.5) is 0 Å². The minimum atomic E-state index is -0.260. The number of nitrogens with zero attached hydrogens (tertiary/aromatic N) is 2. The van der Waals surface area contributed by atoms with Gasteiger partial charge in [-0.05, 0) is 20.8 Å². The predicted octanol–water partition coefficient (Wildman–Crippen LogP) is 0.906. The lowest BCUT2D eigenvalue weighted by atomic mass is 10.0. The number of nitrogens with one attached hydrogen (secondary N) is 3. The van der Waals surface area contributed by atoms with Crippen molar-refractivity contribution in [3.63, 3.8) is 0 Å². The van der Waals surface area contributed by atoms with Crippen LogP contribution in [0.2, 0.25) is 0 Å². The van der Waals surface area contributed by atoms with E-state index in [9.17, 15) is 4.79 Å². The van der Waals surface area contributed by atoms with E-state index in [2.05, 4.69) is 25.8 Å². The van der Waals surface area contributed by atoms with Gasteiger partial charge in [-0.3, -0.25) is 10.1 Å². The molecule has 112 valence electrons. The number of aromatic nitrogens is 3. The highest BCUT2D eigenvalue weighted by Gasteiger charge is 2.27. The van der Waals surface area contributed by atoms with E-state index >= 15 is 0 Å². The molecule has 1 amide bonds. The Balaban J connectivity index is 1.67. The molecule has 2 aromatic rings. The Labute approximate surface area is 122 Å². The average Bonchev–Trinajstić information content (AvgIpc) is 3.04. The van der Waals surface area contributed by atoms with E-state index < -0.39 is 0 Å². The number of aromatic amines is 1. The number of rotatable bonds is 3. The fraction of sp³-hybridized carbons (Fsp3) is 0.500. The zero-order chi connectivity index (χ0) is 15.0. The van der Waals surface area contributed by atoms with Gasteiger partial charge >= 0.3 is 0 Å². The number of amides is 1. The normalized spacial score (nSPS) is 19.1. The maximum Gasteiger partial charge on any atom is 0.238 e. The van der Waals surface area contributed by atoms with Crippen LogP contribution in [-0.2, 0) is 17.8 Å². The minimum Gasteiger partial charge on any atom is -0.361 e. The quantitative estimate of drug-likeness (QED) is 0.780. The molecule has 3 N–H and O–H groups in total. The molecule has 7 heteroatoms. The Hall–Kier alpha value is -2.15. The zero-order valence-corrected chi connectivity index (χ0v) is 12.4. The number of carbonyl (C=O) groups is 1. The van der Waals surface area contributed by atoms with Gasteiger partial charge in [0.15, 0.2) is 0 Å². The molecule has 2 atom stereocenters. The molecule has 7 nitrogen and oxygen atoms in total. The van der Waals surface area contributed by atoms with Gasteiger partial charge in [0, 0.05) is 18.5 Å². The van der Waals surface area contributed by atoms with Gasteiger partial charge in [0.2, 0.25) is 5.91 Å². The molecule has 1 aliphatic heterocycles. The average molecular weight is 289 g/mol. The maximum absolute atomic E-state index is 12.4. The monoisotopic (exact) mass is 289 g/mol. The lowest BCUT2D eigenvalue weighted by Crippen LogP contribution is -2.48. The Kier molecular flexibility index (Phi) is 3.50. The number of hydrogen-bond acceptors (Lipinski definition) is 5. The van der Waals surface area contributed by atoms with Gasteiger partial charge in [-0.2, -0.15) is 0 Å². The number of imidazole rings is 1. The van der Waals surface area contributed by atoms with Crippen LogP contribution in [0.25, 0.3) is 0 Å². The molecule has 2 aromatic heterocycles. The highest BCUT2D eigenvalue weighted by atomic mass is 16.5. The van der Waals surface area contributed by atoms with Gasteiger partial charge in [0.1, 0.15) is 5.76 Å². The van der Waals surface area contributed by atoms with Gasteiger partial charge in [0.05, 0.1) is 35.5 Å². The van der Waals surface area contributed by atoms with Crippen LogP contribution in [0.15, 0.2) is 10.9 Å². The van der Waals surface area contributed by atoms with Gasteiger partial charge < -0.3 is 14.8 Å². The molecule has 0 saturated heterocycles. The van der Waals surface area contributed by atoms with Crippen LogP contribution in [0.1, 0.15) is 41.4 Å². The van der Waals surface area contributed by atoms with E-state index in [1.54, 1.807) is 6.33 Å². The first-order valence-corrected chi connectivity index (χ1v) is 7.04. The van der Waals surface area contributed by atoms with Crippen LogP contribution >= 0.6 is 0 Å². The second kappa shape index (κ2) is 5.33. The smallest absolute Gasteiger partial charge is 0.238 e. The van der Waals surface area contributed by atoms with Crippen molar-refractivity contribution in [2.75, 3.05) is 0 Å². The van der Waals surface area contributed by atoms with E-state index in [0.717, 1.165) is 28.4 Å². The second-order valence-electron chi connectivity index (χ2n) is 5.43. The highest BCUT2D eigenvalue weighted by molar-refractivity contribution is 5.82. The van der Waals surface area contributed by atoms with E-state index in [1.165, 1.54) is 0 Å². The van der Waals surface area contributed by atoms with Crippen LogP contribution in [-0.4, -0.2) is 27.1 Å². The summed E-state index contributed by atoms with van der Waals surface area (Å²) in [5.41, 5.74) is 3.77. The second-order valence-corrected chi connectivity index (χ2v) is 5.43. The summed E-state index contributed by atoms with van der Waals surface area (Å²) in [6.07, 6.45) is 2.26. The van der Waals surface area contributed by atoms with E-state index in [0.29, 0.717) is 13.0 Å². The molecule has 3 heterocycles. The first kappa shape index (κ1) is 13.8. The van der Waals surface area contributed by atoms with E-state index in [1.807, 2.05) is 20.8 Å². The number of aryl methyl sites for hydroxylation is 2. The van der Waals surface area contributed by atoms with Gasteiger partial charge in [-0.1, -0.05) is 5.16 Å². The van der Waals surface area contributed by atoms with Gasteiger partial charge in [-0.15, -0.1) is 0 Å². The maximum atomic E-state index is 12.4. The molecule has 0 bridgehead atoms. The number of H-pyrrole nitrogens is 1. The summed E-state index contributed by atoms with van der Waals surface area (Å²) in [4.78, 5) is 19.7. The van der Waals surface area contributed by atoms with Crippen LogP contribution in [0, 0.1) is 13.8 Å². The number of hydrogen-bond donors (Lipinski definition) is 3. The van der Waals surface area contributed by atoms with Crippen LogP contribution in [0.3, 0.4) is 0 Å².